The second-order valence-electron chi connectivity index (χ2n) is 11.0. The molecule has 0 radical (unpaired) electrons. The van der Waals surface area contributed by atoms with E-state index in [1.807, 2.05) is 13.0 Å². The lowest BCUT2D eigenvalue weighted by Gasteiger charge is -2.38. The largest absolute Gasteiger partial charge is 0.490 e. The Kier molecular flexibility index (Phi) is 5.21. The van der Waals surface area contributed by atoms with Crippen molar-refractivity contribution in [2.75, 3.05) is 0 Å². The standard InChI is InChI=1S/C27H29FN4O3/c1-14(26(34)31-22-13-27(11-15(22)12-27)32-24(33)4-6-29)25-18-9-17(10-19(18)25)35-23-5-7-30-21-3-2-16(28)8-20(21)23/h2-3,5,7-8,14-15,17-19,22,25H,4,9-13H2,1H3,(H,31,34)(H,32,33)/t14?,15?,17?,18-,19+,22-,25?,27?/m1/s1. The summed E-state index contributed by atoms with van der Waals surface area (Å²) < 4.78 is 20.0. The number of hydrogen-bond donors (Lipinski definition) is 2. The molecule has 8 heteroatoms. The number of rotatable bonds is 7. The fourth-order valence-electron chi connectivity index (χ4n) is 7.26. The molecule has 5 aliphatic rings. The number of pyridine rings is 1. The monoisotopic (exact) mass is 476 g/mol. The summed E-state index contributed by atoms with van der Waals surface area (Å²) in [6, 6.07) is 8.32. The molecule has 182 valence electrons. The highest BCUT2D eigenvalue weighted by Gasteiger charge is 2.61. The van der Waals surface area contributed by atoms with Crippen molar-refractivity contribution in [1.82, 2.24) is 15.6 Å². The van der Waals surface area contributed by atoms with Crippen molar-refractivity contribution < 1.29 is 18.7 Å². The van der Waals surface area contributed by atoms with Gasteiger partial charge in [0.25, 0.3) is 0 Å². The second-order valence-corrected chi connectivity index (χ2v) is 11.0. The summed E-state index contributed by atoms with van der Waals surface area (Å²) in [5.41, 5.74) is 0.479. The number of carbonyl (C=O) groups is 2. The van der Waals surface area contributed by atoms with Crippen molar-refractivity contribution in [2.24, 2.45) is 29.6 Å². The van der Waals surface area contributed by atoms with Gasteiger partial charge in [-0.05, 0) is 80.0 Å². The zero-order valence-electron chi connectivity index (χ0n) is 19.7. The molecule has 1 aromatic carbocycles. The van der Waals surface area contributed by atoms with Gasteiger partial charge in [0.1, 0.15) is 18.0 Å². The molecule has 5 saturated carbocycles. The first kappa shape index (κ1) is 22.3. The number of fused-ring (bicyclic) bond motifs is 3. The number of nitrogens with one attached hydrogen (secondary N) is 2. The third kappa shape index (κ3) is 3.91. The zero-order chi connectivity index (χ0) is 24.3. The molecule has 1 aromatic heterocycles. The van der Waals surface area contributed by atoms with Crippen LogP contribution < -0.4 is 15.4 Å². The number of hydrogen-bond acceptors (Lipinski definition) is 5. The van der Waals surface area contributed by atoms with E-state index in [2.05, 4.69) is 15.6 Å². The van der Waals surface area contributed by atoms with Gasteiger partial charge in [0.05, 0.1) is 17.7 Å². The van der Waals surface area contributed by atoms with Crippen molar-refractivity contribution in [3.05, 3.63) is 36.3 Å². The van der Waals surface area contributed by atoms with Gasteiger partial charge >= 0.3 is 0 Å². The quantitative estimate of drug-likeness (QED) is 0.637. The van der Waals surface area contributed by atoms with Gasteiger partial charge in [-0.15, -0.1) is 0 Å². The van der Waals surface area contributed by atoms with E-state index < -0.39 is 0 Å². The summed E-state index contributed by atoms with van der Waals surface area (Å²) in [6.45, 7) is 2.02. The first-order chi connectivity index (χ1) is 16.9. The molecule has 0 spiro atoms. The van der Waals surface area contributed by atoms with Crippen molar-refractivity contribution in [1.29, 1.82) is 5.26 Å². The van der Waals surface area contributed by atoms with Crippen molar-refractivity contribution >= 4 is 22.7 Å². The van der Waals surface area contributed by atoms with E-state index in [9.17, 15) is 14.0 Å². The Balaban J connectivity index is 1.01. The molecule has 5 aliphatic carbocycles. The van der Waals surface area contributed by atoms with E-state index in [1.165, 1.54) is 12.1 Å². The van der Waals surface area contributed by atoms with E-state index in [-0.39, 0.29) is 47.7 Å². The number of amides is 2. The number of halogens is 1. The normalized spacial score (nSPS) is 34.9. The molecule has 2 bridgehead atoms. The maximum Gasteiger partial charge on any atom is 0.234 e. The highest BCUT2D eigenvalue weighted by Crippen LogP contribution is 2.61. The molecule has 7 nitrogen and oxygen atoms in total. The van der Waals surface area contributed by atoms with Crippen LogP contribution in [0.3, 0.4) is 0 Å². The van der Waals surface area contributed by atoms with Gasteiger partial charge in [0.15, 0.2) is 0 Å². The third-order valence-electron chi connectivity index (χ3n) is 8.87. The Morgan fingerprint density at radius 2 is 2.03 bits per heavy atom. The number of benzene rings is 1. The van der Waals surface area contributed by atoms with Crippen LogP contribution in [0.15, 0.2) is 30.5 Å². The van der Waals surface area contributed by atoms with E-state index >= 15 is 0 Å². The van der Waals surface area contributed by atoms with Gasteiger partial charge in [-0.1, -0.05) is 6.92 Å². The van der Waals surface area contributed by atoms with Gasteiger partial charge in [-0.25, -0.2) is 4.39 Å². The van der Waals surface area contributed by atoms with Crippen LogP contribution in [0, 0.1) is 46.7 Å². The molecule has 0 saturated heterocycles. The van der Waals surface area contributed by atoms with Gasteiger partial charge in [0.2, 0.25) is 11.8 Å². The second kappa shape index (κ2) is 8.18. The Labute approximate surface area is 203 Å². The average Bonchev–Trinajstić information content (AvgIpc) is 3.07. The topological polar surface area (TPSA) is 104 Å². The van der Waals surface area contributed by atoms with Gasteiger partial charge in [-0.2, -0.15) is 5.26 Å². The first-order valence-electron chi connectivity index (χ1n) is 12.5. The number of ether oxygens (including phenoxy) is 1. The van der Waals surface area contributed by atoms with Gasteiger partial charge in [-0.3, -0.25) is 14.6 Å². The van der Waals surface area contributed by atoms with Crippen LogP contribution in [-0.4, -0.2) is 34.5 Å². The molecule has 6 atom stereocenters. The fourth-order valence-corrected chi connectivity index (χ4v) is 7.26. The average molecular weight is 477 g/mol. The van der Waals surface area contributed by atoms with Crippen LogP contribution in [0.1, 0.15) is 45.4 Å². The maximum atomic E-state index is 13.7. The Morgan fingerprint density at radius 3 is 2.77 bits per heavy atom. The molecule has 0 aliphatic heterocycles. The van der Waals surface area contributed by atoms with Crippen LogP contribution in [0.25, 0.3) is 10.9 Å². The minimum absolute atomic E-state index is 0.0521. The smallest absolute Gasteiger partial charge is 0.234 e. The lowest BCUT2D eigenvalue weighted by Crippen LogP contribution is -2.51. The molecule has 2 aromatic rings. The van der Waals surface area contributed by atoms with Crippen LogP contribution in [0.5, 0.6) is 5.75 Å². The SMILES string of the molecule is CC(C(=O)N[C@@H]1CC2(NC(=O)CC#N)CC1C2)C1[C@H]2CC(Oc3ccnc4ccc(F)cc34)C[C@@H]12. The summed E-state index contributed by atoms with van der Waals surface area (Å²) >= 11 is 0. The molecular weight excluding hydrogens is 447 g/mol. The number of nitriles is 1. The van der Waals surface area contributed by atoms with Gasteiger partial charge in [0, 0.05) is 29.1 Å². The molecule has 35 heavy (non-hydrogen) atoms. The summed E-state index contributed by atoms with van der Waals surface area (Å²) in [7, 11) is 0. The predicted molar refractivity (Wildman–Crippen MR) is 125 cm³/mol. The highest BCUT2D eigenvalue weighted by atomic mass is 19.1. The minimum Gasteiger partial charge on any atom is -0.490 e. The molecule has 7 rings (SSSR count). The van der Waals surface area contributed by atoms with E-state index in [1.54, 1.807) is 18.3 Å². The van der Waals surface area contributed by atoms with Crippen molar-refractivity contribution in [3.8, 4) is 11.8 Å². The van der Waals surface area contributed by atoms with Crippen molar-refractivity contribution in [3.63, 3.8) is 0 Å². The number of aromatic nitrogens is 1. The van der Waals surface area contributed by atoms with Crippen LogP contribution in [-0.2, 0) is 9.59 Å². The summed E-state index contributed by atoms with van der Waals surface area (Å²) in [6.07, 6.45) is 5.97. The minimum atomic E-state index is -0.306. The summed E-state index contributed by atoms with van der Waals surface area (Å²) in [4.78, 5) is 29.2. The highest BCUT2D eigenvalue weighted by molar-refractivity contribution is 5.85. The van der Waals surface area contributed by atoms with E-state index in [4.69, 9.17) is 10.00 Å². The Hall–Kier alpha value is -3.21. The van der Waals surface area contributed by atoms with Crippen molar-refractivity contribution in [2.45, 2.75) is 63.1 Å². The molecule has 5 fully saturated rings. The fraction of sp³-hybridized carbons (Fsp3) is 0.556. The Bertz CT molecular complexity index is 1220. The molecule has 3 unspecified atom stereocenters. The zero-order valence-corrected chi connectivity index (χ0v) is 19.7. The first-order valence-corrected chi connectivity index (χ1v) is 12.5. The van der Waals surface area contributed by atoms with Gasteiger partial charge < -0.3 is 15.4 Å². The molecule has 2 amide bonds. The number of carbonyl (C=O) groups excluding carboxylic acids is 2. The lowest BCUT2D eigenvalue weighted by atomic mass is 9.76. The molecular formula is C27H29FN4O3. The summed E-state index contributed by atoms with van der Waals surface area (Å²) in [5, 5.41) is 15.7. The molecule has 1 heterocycles. The number of nitrogens with zero attached hydrogens (tertiary/aromatic N) is 2. The lowest BCUT2D eigenvalue weighted by molar-refractivity contribution is -0.126. The predicted octanol–water partition coefficient (Wildman–Crippen LogP) is 3.48. The van der Waals surface area contributed by atoms with Crippen LogP contribution in [0.2, 0.25) is 0 Å². The van der Waals surface area contributed by atoms with E-state index in [0.29, 0.717) is 40.3 Å². The molecule has 2 N–H and O–H groups in total. The summed E-state index contributed by atoms with van der Waals surface area (Å²) in [5.74, 6) is 1.95. The van der Waals surface area contributed by atoms with Crippen LogP contribution in [0.4, 0.5) is 4.39 Å². The maximum absolute atomic E-state index is 13.7. The van der Waals surface area contributed by atoms with E-state index in [0.717, 1.165) is 32.1 Å². The Morgan fingerprint density at radius 1 is 1.26 bits per heavy atom. The van der Waals surface area contributed by atoms with Crippen LogP contribution >= 0.6 is 0 Å². The third-order valence-corrected chi connectivity index (χ3v) is 8.87.